The van der Waals surface area contributed by atoms with Crippen LogP contribution in [0.2, 0.25) is 0 Å². The largest absolute Gasteiger partial charge is 0.455 e. The number of benzene rings is 3. The highest BCUT2D eigenvalue weighted by molar-refractivity contribution is 5.93. The van der Waals surface area contributed by atoms with Gasteiger partial charge in [-0.05, 0) is 23.3 Å². The number of nitrogens with one attached hydrogen (secondary N) is 1. The molecular weight excluding hydrogens is 372 g/mol. The van der Waals surface area contributed by atoms with Gasteiger partial charge in [0.2, 0.25) is 0 Å². The fourth-order valence-corrected chi connectivity index (χ4v) is 2.76. The van der Waals surface area contributed by atoms with Crippen molar-refractivity contribution in [3.05, 3.63) is 94.5 Å². The van der Waals surface area contributed by atoms with E-state index in [4.69, 9.17) is 4.74 Å². The lowest BCUT2D eigenvalue weighted by molar-refractivity contribution is -0.385. The lowest BCUT2D eigenvalue weighted by atomic mass is 10.1. The van der Waals surface area contributed by atoms with Crippen LogP contribution >= 0.6 is 0 Å². The first-order valence-corrected chi connectivity index (χ1v) is 8.86. The molecule has 0 radical (unpaired) electrons. The van der Waals surface area contributed by atoms with Crippen molar-refractivity contribution in [2.45, 2.75) is 6.42 Å². The van der Waals surface area contributed by atoms with Crippen LogP contribution in [0.1, 0.15) is 5.56 Å². The maximum Gasteiger partial charge on any atom is 0.311 e. The van der Waals surface area contributed by atoms with Gasteiger partial charge in [-0.2, -0.15) is 0 Å². The highest BCUT2D eigenvalue weighted by atomic mass is 16.6. The molecule has 1 amide bonds. The summed E-state index contributed by atoms with van der Waals surface area (Å²) in [6, 6.07) is 23.0. The second-order valence-electron chi connectivity index (χ2n) is 6.21. The van der Waals surface area contributed by atoms with Gasteiger partial charge in [-0.3, -0.25) is 19.7 Å². The summed E-state index contributed by atoms with van der Waals surface area (Å²) in [4.78, 5) is 34.3. The Morgan fingerprint density at radius 1 is 0.862 bits per heavy atom. The first-order valence-electron chi connectivity index (χ1n) is 8.86. The molecule has 0 aromatic heterocycles. The molecule has 0 spiro atoms. The molecule has 7 nitrogen and oxygen atoms in total. The first kappa shape index (κ1) is 19.8. The second kappa shape index (κ2) is 9.27. The second-order valence-corrected chi connectivity index (χ2v) is 6.21. The smallest absolute Gasteiger partial charge is 0.311 e. The molecule has 0 bridgehead atoms. The molecule has 1 N–H and O–H groups in total. The van der Waals surface area contributed by atoms with Crippen LogP contribution in [-0.2, 0) is 20.7 Å². The van der Waals surface area contributed by atoms with E-state index in [1.807, 2.05) is 42.5 Å². The number of esters is 1. The molecule has 0 aliphatic rings. The average Bonchev–Trinajstić information content (AvgIpc) is 2.74. The molecule has 29 heavy (non-hydrogen) atoms. The maximum atomic E-state index is 12.0. The number of rotatable bonds is 7. The van der Waals surface area contributed by atoms with E-state index in [-0.39, 0.29) is 17.7 Å². The van der Waals surface area contributed by atoms with E-state index in [2.05, 4.69) is 5.32 Å². The number of nitro groups is 1. The quantitative estimate of drug-likeness (QED) is 0.374. The Kier molecular flexibility index (Phi) is 6.32. The lowest BCUT2D eigenvalue weighted by Gasteiger charge is -2.08. The number of nitrogens with zero attached hydrogens (tertiary/aromatic N) is 1. The predicted octanol–water partition coefficient (Wildman–Crippen LogP) is 3.99. The summed E-state index contributed by atoms with van der Waals surface area (Å²) < 4.78 is 4.93. The molecule has 0 saturated carbocycles. The van der Waals surface area contributed by atoms with Gasteiger partial charge in [0.15, 0.2) is 6.61 Å². The zero-order valence-corrected chi connectivity index (χ0v) is 15.4. The predicted molar refractivity (Wildman–Crippen MR) is 108 cm³/mol. The van der Waals surface area contributed by atoms with Crippen molar-refractivity contribution in [3.63, 3.8) is 0 Å². The van der Waals surface area contributed by atoms with Crippen LogP contribution < -0.4 is 5.32 Å². The molecule has 0 saturated heterocycles. The monoisotopic (exact) mass is 390 g/mol. The lowest BCUT2D eigenvalue weighted by Crippen LogP contribution is -2.21. The Morgan fingerprint density at radius 2 is 1.48 bits per heavy atom. The number of anilines is 1. The number of carbonyl (C=O) groups is 2. The van der Waals surface area contributed by atoms with Gasteiger partial charge in [-0.1, -0.05) is 60.7 Å². The SMILES string of the molecule is O=C(COC(=O)Cc1ccccc1[N+](=O)[O-])Nc1ccc(-c2ccccc2)cc1. The molecule has 0 unspecified atom stereocenters. The van der Waals surface area contributed by atoms with Gasteiger partial charge >= 0.3 is 5.97 Å². The molecule has 0 aliphatic heterocycles. The minimum Gasteiger partial charge on any atom is -0.455 e. The molecule has 0 fully saturated rings. The Labute approximate surface area is 167 Å². The zero-order valence-electron chi connectivity index (χ0n) is 15.4. The summed E-state index contributed by atoms with van der Waals surface area (Å²) in [6.45, 7) is -0.472. The molecule has 146 valence electrons. The molecule has 0 atom stereocenters. The summed E-state index contributed by atoms with van der Waals surface area (Å²) in [5, 5.41) is 13.6. The number of para-hydroxylation sites is 1. The van der Waals surface area contributed by atoms with Gasteiger partial charge in [0.25, 0.3) is 11.6 Å². The zero-order chi connectivity index (χ0) is 20.6. The van der Waals surface area contributed by atoms with Crippen LogP contribution in [0.4, 0.5) is 11.4 Å². The molecule has 3 rings (SSSR count). The minimum atomic E-state index is -0.714. The minimum absolute atomic E-state index is 0.160. The number of ether oxygens (including phenoxy) is 1. The molecule has 7 heteroatoms. The Balaban J connectivity index is 1.51. The Bertz CT molecular complexity index is 1020. The van der Waals surface area contributed by atoms with E-state index >= 15 is 0 Å². The van der Waals surface area contributed by atoms with Gasteiger partial charge in [0, 0.05) is 17.3 Å². The summed E-state index contributed by atoms with van der Waals surface area (Å²) in [5.74, 6) is -1.21. The summed E-state index contributed by atoms with van der Waals surface area (Å²) in [7, 11) is 0. The third-order valence-corrected chi connectivity index (χ3v) is 4.16. The van der Waals surface area contributed by atoms with Gasteiger partial charge in [-0.15, -0.1) is 0 Å². The third kappa shape index (κ3) is 5.49. The first-order chi connectivity index (χ1) is 14.0. The van der Waals surface area contributed by atoms with E-state index in [1.54, 1.807) is 18.2 Å². The van der Waals surface area contributed by atoms with E-state index in [0.717, 1.165) is 11.1 Å². The van der Waals surface area contributed by atoms with Crippen molar-refractivity contribution in [2.24, 2.45) is 0 Å². The Hall–Kier alpha value is -4.00. The molecule has 3 aromatic rings. The molecular formula is C22H18N2O5. The van der Waals surface area contributed by atoms with Crippen LogP contribution in [0.25, 0.3) is 11.1 Å². The van der Waals surface area contributed by atoms with Crippen molar-refractivity contribution in [3.8, 4) is 11.1 Å². The van der Waals surface area contributed by atoms with Crippen molar-refractivity contribution in [1.29, 1.82) is 0 Å². The van der Waals surface area contributed by atoms with Gasteiger partial charge in [-0.25, -0.2) is 0 Å². The highest BCUT2D eigenvalue weighted by Crippen LogP contribution is 2.21. The number of nitro benzene ring substituents is 1. The van der Waals surface area contributed by atoms with Crippen molar-refractivity contribution in [2.75, 3.05) is 11.9 Å². The van der Waals surface area contributed by atoms with Crippen LogP contribution in [0.3, 0.4) is 0 Å². The number of carbonyl (C=O) groups excluding carboxylic acids is 2. The van der Waals surface area contributed by atoms with E-state index in [1.165, 1.54) is 18.2 Å². The van der Waals surface area contributed by atoms with Crippen molar-refractivity contribution in [1.82, 2.24) is 0 Å². The van der Waals surface area contributed by atoms with Crippen LogP contribution in [0.5, 0.6) is 0 Å². The standard InChI is InChI=1S/C22H18N2O5/c25-21(15-29-22(26)14-18-8-4-5-9-20(18)24(27)28)23-19-12-10-17(11-13-19)16-6-2-1-3-7-16/h1-13H,14-15H2,(H,23,25). The van der Waals surface area contributed by atoms with Gasteiger partial charge < -0.3 is 10.1 Å². The van der Waals surface area contributed by atoms with Crippen molar-refractivity contribution >= 4 is 23.3 Å². The summed E-state index contributed by atoms with van der Waals surface area (Å²) in [6.07, 6.45) is -0.282. The topological polar surface area (TPSA) is 98.5 Å². The molecule has 0 heterocycles. The molecule has 0 aliphatic carbocycles. The third-order valence-electron chi connectivity index (χ3n) is 4.16. The van der Waals surface area contributed by atoms with Crippen molar-refractivity contribution < 1.29 is 19.2 Å². The van der Waals surface area contributed by atoms with Crippen LogP contribution in [0.15, 0.2) is 78.9 Å². The fourth-order valence-electron chi connectivity index (χ4n) is 2.76. The Morgan fingerprint density at radius 3 is 2.17 bits per heavy atom. The highest BCUT2D eigenvalue weighted by Gasteiger charge is 2.17. The number of hydrogen-bond donors (Lipinski definition) is 1. The van der Waals surface area contributed by atoms with Gasteiger partial charge in [0.1, 0.15) is 0 Å². The number of hydrogen-bond acceptors (Lipinski definition) is 5. The average molecular weight is 390 g/mol. The number of amides is 1. The van der Waals surface area contributed by atoms with Gasteiger partial charge in [0.05, 0.1) is 11.3 Å². The van der Waals surface area contributed by atoms with Crippen LogP contribution in [0, 0.1) is 10.1 Å². The van der Waals surface area contributed by atoms with Crippen LogP contribution in [-0.4, -0.2) is 23.4 Å². The van der Waals surface area contributed by atoms with E-state index in [9.17, 15) is 19.7 Å². The summed E-state index contributed by atoms with van der Waals surface area (Å²) in [5.41, 5.74) is 2.73. The van der Waals surface area contributed by atoms with E-state index in [0.29, 0.717) is 5.69 Å². The summed E-state index contributed by atoms with van der Waals surface area (Å²) >= 11 is 0. The maximum absolute atomic E-state index is 12.0. The molecule has 3 aromatic carbocycles. The van der Waals surface area contributed by atoms with E-state index < -0.39 is 23.4 Å². The normalized spacial score (nSPS) is 10.2. The fraction of sp³-hybridized carbons (Fsp3) is 0.0909.